The van der Waals surface area contributed by atoms with E-state index in [-0.39, 0.29) is 5.91 Å². The molecular weight excluding hydrogens is 242 g/mol. The van der Waals surface area contributed by atoms with Gasteiger partial charge in [0, 0.05) is 12.1 Å². The van der Waals surface area contributed by atoms with Gasteiger partial charge in [0.05, 0.1) is 12.7 Å². The molecule has 0 saturated heterocycles. The Hall–Kier alpha value is -1.55. The number of nitrogens with one attached hydrogen (secondary N) is 1. The SMILES string of the molecule is CC(C)COc1cccc(C(=O)NCCC(C)O)c1. The molecule has 1 unspecified atom stereocenters. The predicted molar refractivity (Wildman–Crippen MR) is 75.4 cm³/mol. The van der Waals surface area contributed by atoms with Crippen LogP contribution < -0.4 is 10.1 Å². The quantitative estimate of drug-likeness (QED) is 0.794. The van der Waals surface area contributed by atoms with Crippen molar-refractivity contribution in [3.05, 3.63) is 29.8 Å². The summed E-state index contributed by atoms with van der Waals surface area (Å²) in [6.45, 7) is 6.95. The molecule has 19 heavy (non-hydrogen) atoms. The highest BCUT2D eigenvalue weighted by Crippen LogP contribution is 2.14. The van der Waals surface area contributed by atoms with Crippen molar-refractivity contribution < 1.29 is 14.6 Å². The maximum atomic E-state index is 11.9. The van der Waals surface area contributed by atoms with Crippen molar-refractivity contribution in [3.8, 4) is 5.75 Å². The number of hydrogen-bond acceptors (Lipinski definition) is 3. The first-order valence-electron chi connectivity index (χ1n) is 6.68. The van der Waals surface area contributed by atoms with Crippen molar-refractivity contribution in [2.24, 2.45) is 5.92 Å². The second-order valence-corrected chi connectivity index (χ2v) is 5.13. The molecule has 106 valence electrons. The highest BCUT2D eigenvalue weighted by Gasteiger charge is 2.07. The fourth-order valence-corrected chi connectivity index (χ4v) is 1.49. The average molecular weight is 265 g/mol. The third kappa shape index (κ3) is 6.25. The molecule has 0 radical (unpaired) electrons. The van der Waals surface area contributed by atoms with Crippen LogP contribution in [0.15, 0.2) is 24.3 Å². The molecule has 0 bridgehead atoms. The Morgan fingerprint density at radius 3 is 2.74 bits per heavy atom. The topological polar surface area (TPSA) is 58.6 Å². The summed E-state index contributed by atoms with van der Waals surface area (Å²) in [4.78, 5) is 11.9. The first kappa shape index (κ1) is 15.5. The van der Waals surface area contributed by atoms with Gasteiger partial charge in [-0.3, -0.25) is 4.79 Å². The van der Waals surface area contributed by atoms with E-state index in [0.29, 0.717) is 36.8 Å². The van der Waals surface area contributed by atoms with Crippen LogP contribution in [0.2, 0.25) is 0 Å². The minimum Gasteiger partial charge on any atom is -0.493 e. The Bertz CT molecular complexity index is 402. The summed E-state index contributed by atoms with van der Waals surface area (Å²) in [5, 5.41) is 11.9. The normalized spacial score (nSPS) is 12.3. The van der Waals surface area contributed by atoms with Gasteiger partial charge in [-0.25, -0.2) is 0 Å². The molecule has 0 fully saturated rings. The zero-order chi connectivity index (χ0) is 14.3. The number of carbonyl (C=O) groups excluding carboxylic acids is 1. The van der Waals surface area contributed by atoms with Gasteiger partial charge in [0.15, 0.2) is 0 Å². The molecule has 2 N–H and O–H groups in total. The van der Waals surface area contributed by atoms with Gasteiger partial charge < -0.3 is 15.2 Å². The van der Waals surface area contributed by atoms with Gasteiger partial charge in [0.25, 0.3) is 5.91 Å². The van der Waals surface area contributed by atoms with E-state index >= 15 is 0 Å². The van der Waals surface area contributed by atoms with Crippen molar-refractivity contribution in [2.45, 2.75) is 33.3 Å². The molecule has 4 nitrogen and oxygen atoms in total. The third-order valence-corrected chi connectivity index (χ3v) is 2.53. The Labute approximate surface area is 114 Å². The summed E-state index contributed by atoms with van der Waals surface area (Å²) in [6.07, 6.45) is 0.149. The second kappa shape index (κ2) is 7.79. The molecule has 0 aliphatic rings. The number of rotatable bonds is 7. The monoisotopic (exact) mass is 265 g/mol. The molecule has 0 aliphatic carbocycles. The van der Waals surface area contributed by atoms with Crippen LogP contribution in [-0.2, 0) is 0 Å². The summed E-state index contributed by atoms with van der Waals surface area (Å²) >= 11 is 0. The lowest BCUT2D eigenvalue weighted by Crippen LogP contribution is -2.26. The van der Waals surface area contributed by atoms with Crippen LogP contribution in [0.5, 0.6) is 5.75 Å². The first-order chi connectivity index (χ1) is 8.99. The van der Waals surface area contributed by atoms with Crippen LogP contribution in [-0.4, -0.2) is 30.3 Å². The Morgan fingerprint density at radius 2 is 2.11 bits per heavy atom. The van der Waals surface area contributed by atoms with Gasteiger partial charge in [-0.1, -0.05) is 19.9 Å². The molecule has 0 aromatic heterocycles. The van der Waals surface area contributed by atoms with Gasteiger partial charge in [0.2, 0.25) is 0 Å². The van der Waals surface area contributed by atoms with Crippen molar-refractivity contribution in [2.75, 3.05) is 13.2 Å². The van der Waals surface area contributed by atoms with Crippen LogP contribution in [0, 0.1) is 5.92 Å². The fraction of sp³-hybridized carbons (Fsp3) is 0.533. The van der Waals surface area contributed by atoms with E-state index in [2.05, 4.69) is 19.2 Å². The third-order valence-electron chi connectivity index (χ3n) is 2.53. The molecule has 1 aromatic rings. The van der Waals surface area contributed by atoms with Gasteiger partial charge in [-0.2, -0.15) is 0 Å². The predicted octanol–water partition coefficient (Wildman–Crippen LogP) is 2.22. The summed E-state index contributed by atoms with van der Waals surface area (Å²) in [5.74, 6) is 1.01. The number of amides is 1. The Balaban J connectivity index is 2.52. The van der Waals surface area contributed by atoms with Crippen LogP contribution >= 0.6 is 0 Å². The minimum atomic E-state index is -0.402. The Kier molecular flexibility index (Phi) is 6.36. The van der Waals surface area contributed by atoms with E-state index in [1.54, 1.807) is 25.1 Å². The van der Waals surface area contributed by atoms with E-state index in [9.17, 15) is 4.79 Å². The number of benzene rings is 1. The largest absolute Gasteiger partial charge is 0.493 e. The molecule has 0 heterocycles. The highest BCUT2D eigenvalue weighted by molar-refractivity contribution is 5.94. The maximum absolute atomic E-state index is 11.9. The molecule has 0 spiro atoms. The van der Waals surface area contributed by atoms with Crippen molar-refractivity contribution in [1.82, 2.24) is 5.32 Å². The zero-order valence-corrected chi connectivity index (χ0v) is 11.8. The molecule has 1 aromatic carbocycles. The molecule has 1 rings (SSSR count). The van der Waals surface area contributed by atoms with Crippen LogP contribution in [0.25, 0.3) is 0 Å². The molecule has 1 atom stereocenters. The van der Waals surface area contributed by atoms with Crippen LogP contribution in [0.3, 0.4) is 0 Å². The number of ether oxygens (including phenoxy) is 1. The lowest BCUT2D eigenvalue weighted by Gasteiger charge is -2.10. The van der Waals surface area contributed by atoms with E-state index in [1.807, 2.05) is 6.07 Å². The fourth-order valence-electron chi connectivity index (χ4n) is 1.49. The molecule has 1 amide bonds. The lowest BCUT2D eigenvalue weighted by atomic mass is 10.2. The van der Waals surface area contributed by atoms with Crippen LogP contribution in [0.4, 0.5) is 0 Å². The smallest absolute Gasteiger partial charge is 0.251 e. The molecular formula is C15H23NO3. The number of hydrogen-bond donors (Lipinski definition) is 2. The summed E-state index contributed by atoms with van der Waals surface area (Å²) in [5.41, 5.74) is 0.576. The molecule has 0 aliphatic heterocycles. The standard InChI is InChI=1S/C15H23NO3/c1-11(2)10-19-14-6-4-5-13(9-14)15(18)16-8-7-12(3)17/h4-6,9,11-12,17H,7-8,10H2,1-3H3,(H,16,18). The highest BCUT2D eigenvalue weighted by atomic mass is 16.5. The average Bonchev–Trinajstić information content (AvgIpc) is 2.36. The number of carbonyl (C=O) groups is 1. The number of aliphatic hydroxyl groups is 1. The summed E-state index contributed by atoms with van der Waals surface area (Å²) in [7, 11) is 0. The van der Waals surface area contributed by atoms with Gasteiger partial charge in [-0.15, -0.1) is 0 Å². The minimum absolute atomic E-state index is 0.143. The van der Waals surface area contributed by atoms with E-state index < -0.39 is 6.10 Å². The van der Waals surface area contributed by atoms with E-state index in [0.717, 1.165) is 0 Å². The van der Waals surface area contributed by atoms with Gasteiger partial charge >= 0.3 is 0 Å². The van der Waals surface area contributed by atoms with Gasteiger partial charge in [-0.05, 0) is 37.5 Å². The maximum Gasteiger partial charge on any atom is 0.251 e. The second-order valence-electron chi connectivity index (χ2n) is 5.13. The van der Waals surface area contributed by atoms with E-state index in [1.165, 1.54) is 0 Å². The lowest BCUT2D eigenvalue weighted by molar-refractivity contribution is 0.0945. The first-order valence-corrected chi connectivity index (χ1v) is 6.68. The number of aliphatic hydroxyl groups excluding tert-OH is 1. The molecule has 4 heteroatoms. The van der Waals surface area contributed by atoms with Crippen molar-refractivity contribution in [1.29, 1.82) is 0 Å². The Morgan fingerprint density at radius 1 is 1.37 bits per heavy atom. The van der Waals surface area contributed by atoms with Gasteiger partial charge in [0.1, 0.15) is 5.75 Å². The van der Waals surface area contributed by atoms with Crippen molar-refractivity contribution in [3.63, 3.8) is 0 Å². The molecule has 0 saturated carbocycles. The van der Waals surface area contributed by atoms with Crippen molar-refractivity contribution >= 4 is 5.91 Å². The summed E-state index contributed by atoms with van der Waals surface area (Å²) < 4.78 is 5.58. The summed E-state index contributed by atoms with van der Waals surface area (Å²) in [6, 6.07) is 7.13. The zero-order valence-electron chi connectivity index (χ0n) is 11.8. The van der Waals surface area contributed by atoms with Crippen LogP contribution in [0.1, 0.15) is 37.6 Å². The van der Waals surface area contributed by atoms with E-state index in [4.69, 9.17) is 9.84 Å².